The summed E-state index contributed by atoms with van der Waals surface area (Å²) in [7, 11) is 0. The average molecular weight is 397 g/mol. The zero-order chi connectivity index (χ0) is 18.7. The standard InChI is InChI=1S/C17H17ClN2O5S/c18-13-10-3-1-2-4-11(10)26-14(13)15(22)19-9-12(21)20-17(16(23)24)5-7-25-8-6-17/h1-4H,5-9H2,(H,19,22)(H,20,21)(H,23,24). The molecule has 138 valence electrons. The highest BCUT2D eigenvalue weighted by Crippen LogP contribution is 2.34. The summed E-state index contributed by atoms with van der Waals surface area (Å²) in [4.78, 5) is 36.4. The summed E-state index contributed by atoms with van der Waals surface area (Å²) >= 11 is 7.48. The van der Waals surface area contributed by atoms with Crippen LogP contribution >= 0.6 is 22.9 Å². The van der Waals surface area contributed by atoms with E-state index in [4.69, 9.17) is 16.3 Å². The number of amides is 2. The Kier molecular flexibility index (Phi) is 5.45. The Hall–Kier alpha value is -2.16. The van der Waals surface area contributed by atoms with Crippen LogP contribution in [0.5, 0.6) is 0 Å². The first kappa shape index (κ1) is 18.6. The van der Waals surface area contributed by atoms with Crippen molar-refractivity contribution >= 4 is 50.8 Å². The normalized spacial score (nSPS) is 16.2. The van der Waals surface area contributed by atoms with Crippen molar-refractivity contribution in [3.05, 3.63) is 34.2 Å². The molecule has 0 aliphatic carbocycles. The van der Waals surface area contributed by atoms with Crippen molar-refractivity contribution in [1.29, 1.82) is 0 Å². The molecule has 2 aromatic rings. The van der Waals surface area contributed by atoms with Gasteiger partial charge in [0, 0.05) is 36.1 Å². The zero-order valence-electron chi connectivity index (χ0n) is 13.7. The third-order valence-electron chi connectivity index (χ3n) is 4.29. The summed E-state index contributed by atoms with van der Waals surface area (Å²) in [5.41, 5.74) is -1.35. The second kappa shape index (κ2) is 7.61. The predicted octanol–water partition coefficient (Wildman–Crippen LogP) is 2.03. The molecule has 1 aromatic carbocycles. The van der Waals surface area contributed by atoms with Crippen LogP contribution in [0.15, 0.2) is 24.3 Å². The van der Waals surface area contributed by atoms with Crippen molar-refractivity contribution in [2.75, 3.05) is 19.8 Å². The fourth-order valence-corrected chi connectivity index (χ4v) is 4.26. The lowest BCUT2D eigenvalue weighted by Crippen LogP contribution is -2.59. The highest BCUT2D eigenvalue weighted by molar-refractivity contribution is 7.21. The molecule has 2 heterocycles. The van der Waals surface area contributed by atoms with Crippen molar-refractivity contribution in [1.82, 2.24) is 10.6 Å². The predicted molar refractivity (Wildman–Crippen MR) is 97.7 cm³/mol. The number of nitrogens with one attached hydrogen (secondary N) is 2. The number of thiophene rings is 1. The number of carboxylic acids is 1. The number of ether oxygens (including phenoxy) is 1. The zero-order valence-corrected chi connectivity index (χ0v) is 15.3. The van der Waals surface area contributed by atoms with Crippen LogP contribution < -0.4 is 10.6 Å². The van der Waals surface area contributed by atoms with E-state index >= 15 is 0 Å². The molecule has 1 saturated heterocycles. The lowest BCUT2D eigenvalue weighted by Gasteiger charge is -2.33. The number of halogens is 1. The Morgan fingerprint density at radius 1 is 1.23 bits per heavy atom. The van der Waals surface area contributed by atoms with Crippen molar-refractivity contribution in [2.24, 2.45) is 0 Å². The van der Waals surface area contributed by atoms with Gasteiger partial charge in [-0.3, -0.25) is 9.59 Å². The van der Waals surface area contributed by atoms with Crippen LogP contribution in [0.25, 0.3) is 10.1 Å². The second-order valence-corrected chi connectivity index (χ2v) is 7.40. The number of fused-ring (bicyclic) bond motifs is 1. The summed E-state index contributed by atoms with van der Waals surface area (Å²) in [6, 6.07) is 7.36. The maximum atomic E-state index is 12.3. The Bertz CT molecular complexity index is 860. The highest BCUT2D eigenvalue weighted by atomic mass is 35.5. The van der Waals surface area contributed by atoms with Gasteiger partial charge in [0.1, 0.15) is 10.4 Å². The molecule has 1 aliphatic heterocycles. The summed E-state index contributed by atoms with van der Waals surface area (Å²) < 4.78 is 6.03. The van der Waals surface area contributed by atoms with Gasteiger partial charge in [0.25, 0.3) is 5.91 Å². The van der Waals surface area contributed by atoms with Crippen molar-refractivity contribution in [3.8, 4) is 0 Å². The third kappa shape index (κ3) is 3.67. The monoisotopic (exact) mass is 396 g/mol. The molecular weight excluding hydrogens is 380 g/mol. The molecule has 0 atom stereocenters. The average Bonchev–Trinajstić information content (AvgIpc) is 2.97. The molecule has 3 rings (SSSR count). The molecule has 0 radical (unpaired) electrons. The minimum atomic E-state index is -1.35. The van der Waals surface area contributed by atoms with Gasteiger partial charge in [-0.1, -0.05) is 29.8 Å². The van der Waals surface area contributed by atoms with Crippen LogP contribution in [0, 0.1) is 0 Å². The Balaban J connectivity index is 1.64. The summed E-state index contributed by atoms with van der Waals surface area (Å²) in [5, 5.41) is 15.6. The van der Waals surface area contributed by atoms with Gasteiger partial charge in [0.2, 0.25) is 5.91 Å². The quantitative estimate of drug-likeness (QED) is 0.717. The molecule has 0 spiro atoms. The fraction of sp³-hybridized carbons (Fsp3) is 0.353. The topological polar surface area (TPSA) is 105 Å². The van der Waals surface area contributed by atoms with Gasteiger partial charge in [-0.25, -0.2) is 4.79 Å². The van der Waals surface area contributed by atoms with Crippen LogP contribution in [0.2, 0.25) is 5.02 Å². The molecule has 0 saturated carbocycles. The van der Waals surface area contributed by atoms with Gasteiger partial charge in [0.05, 0.1) is 11.6 Å². The first-order chi connectivity index (χ1) is 12.4. The summed E-state index contributed by atoms with van der Waals surface area (Å²) in [5.74, 6) is -2.14. The molecule has 1 aromatic heterocycles. The molecule has 0 unspecified atom stereocenters. The van der Waals surface area contributed by atoms with E-state index in [9.17, 15) is 19.5 Å². The molecule has 1 aliphatic rings. The Labute approximate surface area is 158 Å². The second-order valence-electron chi connectivity index (χ2n) is 5.97. The van der Waals surface area contributed by atoms with Crippen molar-refractivity contribution < 1.29 is 24.2 Å². The van der Waals surface area contributed by atoms with Gasteiger partial charge < -0.3 is 20.5 Å². The largest absolute Gasteiger partial charge is 0.480 e. The smallest absolute Gasteiger partial charge is 0.329 e. The van der Waals surface area contributed by atoms with Crippen LogP contribution in [0.4, 0.5) is 0 Å². The van der Waals surface area contributed by atoms with Crippen LogP contribution in [0.3, 0.4) is 0 Å². The minimum Gasteiger partial charge on any atom is -0.480 e. The number of carbonyl (C=O) groups excluding carboxylic acids is 2. The molecule has 1 fully saturated rings. The highest BCUT2D eigenvalue weighted by Gasteiger charge is 2.41. The summed E-state index contributed by atoms with van der Waals surface area (Å²) in [6.07, 6.45) is 0.369. The van der Waals surface area contributed by atoms with E-state index in [1.165, 1.54) is 11.3 Å². The molecule has 3 N–H and O–H groups in total. The van der Waals surface area contributed by atoms with Crippen molar-refractivity contribution in [2.45, 2.75) is 18.4 Å². The molecule has 26 heavy (non-hydrogen) atoms. The molecule has 7 nitrogen and oxygen atoms in total. The van der Waals surface area contributed by atoms with E-state index in [1.807, 2.05) is 24.3 Å². The number of carboxylic acid groups (broad SMARTS) is 1. The fourth-order valence-electron chi connectivity index (χ4n) is 2.82. The van der Waals surface area contributed by atoms with Gasteiger partial charge in [-0.05, 0) is 6.07 Å². The minimum absolute atomic E-state index is 0.185. The number of hydrogen-bond acceptors (Lipinski definition) is 5. The molecular formula is C17H17ClN2O5S. The van der Waals surface area contributed by atoms with Crippen molar-refractivity contribution in [3.63, 3.8) is 0 Å². The summed E-state index contributed by atoms with van der Waals surface area (Å²) in [6.45, 7) is 0.186. The molecule has 0 bridgehead atoms. The van der Waals surface area contributed by atoms with E-state index in [2.05, 4.69) is 10.6 Å². The number of aliphatic carboxylic acids is 1. The van der Waals surface area contributed by atoms with Gasteiger partial charge in [-0.2, -0.15) is 0 Å². The number of rotatable bonds is 5. The maximum Gasteiger partial charge on any atom is 0.329 e. The van der Waals surface area contributed by atoms with Gasteiger partial charge in [0.15, 0.2) is 0 Å². The van der Waals surface area contributed by atoms with E-state index in [0.29, 0.717) is 9.90 Å². The first-order valence-corrected chi connectivity index (χ1v) is 9.20. The molecule has 9 heteroatoms. The Morgan fingerprint density at radius 2 is 1.92 bits per heavy atom. The number of carbonyl (C=O) groups is 3. The maximum absolute atomic E-state index is 12.3. The third-order valence-corrected chi connectivity index (χ3v) is 5.96. The molecule has 2 amide bonds. The van der Waals surface area contributed by atoms with Gasteiger partial charge >= 0.3 is 5.97 Å². The van der Waals surface area contributed by atoms with Crippen LogP contribution in [-0.4, -0.2) is 48.2 Å². The number of hydrogen-bond donors (Lipinski definition) is 3. The lowest BCUT2D eigenvalue weighted by atomic mass is 9.90. The van der Waals surface area contributed by atoms with E-state index in [1.54, 1.807) is 0 Å². The van der Waals surface area contributed by atoms with E-state index in [0.717, 1.165) is 10.1 Å². The number of benzene rings is 1. The van der Waals surface area contributed by atoms with E-state index < -0.39 is 23.3 Å². The van der Waals surface area contributed by atoms with E-state index in [-0.39, 0.29) is 32.6 Å². The Morgan fingerprint density at radius 3 is 2.58 bits per heavy atom. The first-order valence-electron chi connectivity index (χ1n) is 8.00. The lowest BCUT2D eigenvalue weighted by molar-refractivity contribution is -0.151. The van der Waals surface area contributed by atoms with Crippen LogP contribution in [-0.2, 0) is 14.3 Å². The van der Waals surface area contributed by atoms with Crippen LogP contribution in [0.1, 0.15) is 22.5 Å². The van der Waals surface area contributed by atoms with Gasteiger partial charge in [-0.15, -0.1) is 11.3 Å². The SMILES string of the molecule is O=C(CNC(=O)c1sc2ccccc2c1Cl)NC1(C(=O)O)CCOCC1.